The highest BCUT2D eigenvalue weighted by Gasteiger charge is 2.24. The number of hydrogen-bond donors (Lipinski definition) is 0. The summed E-state index contributed by atoms with van der Waals surface area (Å²) in [6, 6.07) is 5.39. The predicted molar refractivity (Wildman–Crippen MR) is 55.0 cm³/mol. The van der Waals surface area contributed by atoms with Gasteiger partial charge in [-0.3, -0.25) is 4.79 Å². The van der Waals surface area contributed by atoms with Crippen molar-refractivity contribution < 1.29 is 9.53 Å². The van der Waals surface area contributed by atoms with Gasteiger partial charge in [-0.05, 0) is 41.8 Å². The normalized spacial score (nSPS) is 19.7. The molecule has 14 heavy (non-hydrogen) atoms. The van der Waals surface area contributed by atoms with Crippen LogP contribution in [0.25, 0.3) is 0 Å². The Morgan fingerprint density at radius 3 is 3.00 bits per heavy atom. The third kappa shape index (κ3) is 1.86. The maximum atomic E-state index is 10.9. The molecule has 0 amide bonds. The molecule has 0 fully saturated rings. The van der Waals surface area contributed by atoms with Gasteiger partial charge in [-0.1, -0.05) is 11.6 Å². The van der Waals surface area contributed by atoms with Crippen molar-refractivity contribution in [3.05, 3.63) is 28.8 Å². The molecule has 0 radical (unpaired) electrons. The third-order valence-electron chi connectivity index (χ3n) is 2.25. The molecule has 0 spiro atoms. The number of rotatable bonds is 1. The summed E-state index contributed by atoms with van der Waals surface area (Å²) in [6.45, 7) is 0.358. The van der Waals surface area contributed by atoms with Gasteiger partial charge < -0.3 is 4.74 Å². The molecule has 1 heterocycles. The Morgan fingerprint density at radius 2 is 2.29 bits per heavy atom. The average Bonchev–Trinajstić information content (AvgIpc) is 2.16. The van der Waals surface area contributed by atoms with Gasteiger partial charge in [0.05, 0.1) is 12.5 Å². The monoisotopic (exact) mass is 230 g/mol. The predicted octanol–water partition coefficient (Wildman–Crippen LogP) is 2.66. The minimum absolute atomic E-state index is 0.248. The zero-order valence-electron chi connectivity index (χ0n) is 7.30. The van der Waals surface area contributed by atoms with Crippen molar-refractivity contribution in [2.24, 2.45) is 5.92 Å². The van der Waals surface area contributed by atoms with Crippen LogP contribution in [0.1, 0.15) is 5.56 Å². The van der Waals surface area contributed by atoms with Crippen LogP contribution < -0.4 is 4.74 Å². The van der Waals surface area contributed by atoms with E-state index in [1.165, 1.54) is 0 Å². The lowest BCUT2D eigenvalue weighted by atomic mass is 9.98. The van der Waals surface area contributed by atoms with Crippen LogP contribution in [0, 0.1) is 5.92 Å². The fourth-order valence-electron chi connectivity index (χ4n) is 1.51. The van der Waals surface area contributed by atoms with E-state index >= 15 is 0 Å². The van der Waals surface area contributed by atoms with E-state index < -0.39 is 0 Å². The number of carbonyl (C=O) groups is 1. The number of fused-ring (bicyclic) bond motifs is 1. The van der Waals surface area contributed by atoms with Crippen LogP contribution in [0.5, 0.6) is 5.75 Å². The van der Waals surface area contributed by atoms with Gasteiger partial charge in [-0.25, -0.2) is 0 Å². The Kier molecular flexibility index (Phi) is 2.66. The van der Waals surface area contributed by atoms with Crippen LogP contribution in [-0.2, 0) is 11.2 Å². The number of benzene rings is 1. The molecule has 0 saturated carbocycles. The zero-order valence-corrected chi connectivity index (χ0v) is 8.81. The fraction of sp³-hybridized carbons (Fsp3) is 0.300. The first kappa shape index (κ1) is 9.81. The topological polar surface area (TPSA) is 26.3 Å². The number of hydrogen-bond acceptors (Lipinski definition) is 2. The van der Waals surface area contributed by atoms with E-state index in [-0.39, 0.29) is 11.2 Å². The largest absolute Gasteiger partial charge is 0.492 e. The van der Waals surface area contributed by atoms with Gasteiger partial charge in [0.15, 0.2) is 0 Å². The van der Waals surface area contributed by atoms with E-state index in [4.69, 9.17) is 27.9 Å². The van der Waals surface area contributed by atoms with E-state index in [0.717, 1.165) is 11.3 Å². The van der Waals surface area contributed by atoms with Crippen LogP contribution >= 0.6 is 23.2 Å². The van der Waals surface area contributed by atoms with E-state index in [2.05, 4.69) is 0 Å². The van der Waals surface area contributed by atoms with Crippen LogP contribution in [0.4, 0.5) is 0 Å². The summed E-state index contributed by atoms with van der Waals surface area (Å²) >= 11 is 11.2. The molecule has 1 unspecified atom stereocenters. The lowest BCUT2D eigenvalue weighted by molar-refractivity contribution is -0.116. The van der Waals surface area contributed by atoms with Crippen LogP contribution in [0.2, 0.25) is 5.02 Å². The average molecular weight is 231 g/mol. The van der Waals surface area contributed by atoms with Gasteiger partial charge in [0, 0.05) is 5.02 Å². The lowest BCUT2D eigenvalue weighted by Gasteiger charge is -2.22. The molecule has 1 aromatic rings. The van der Waals surface area contributed by atoms with Gasteiger partial charge in [0.25, 0.3) is 0 Å². The highest BCUT2D eigenvalue weighted by Crippen LogP contribution is 2.30. The Hall–Kier alpha value is -0.730. The molecule has 4 heteroatoms. The summed E-state index contributed by atoms with van der Waals surface area (Å²) < 4.78 is 5.39. The van der Waals surface area contributed by atoms with Crippen molar-refractivity contribution in [1.82, 2.24) is 0 Å². The van der Waals surface area contributed by atoms with Crippen LogP contribution in [-0.4, -0.2) is 11.8 Å². The second-order valence-electron chi connectivity index (χ2n) is 3.27. The smallest absolute Gasteiger partial charge is 0.228 e. The third-order valence-corrected chi connectivity index (χ3v) is 2.79. The summed E-state index contributed by atoms with van der Waals surface area (Å²) in [5.41, 5.74) is 0.947. The molecule has 2 nitrogen and oxygen atoms in total. The molecule has 0 bridgehead atoms. The minimum atomic E-state index is -0.351. The number of ether oxygens (including phenoxy) is 1. The Bertz CT molecular complexity index is 376. The molecule has 0 aliphatic carbocycles. The summed E-state index contributed by atoms with van der Waals surface area (Å²) in [6.07, 6.45) is 0.609. The Morgan fingerprint density at radius 1 is 1.50 bits per heavy atom. The van der Waals surface area contributed by atoms with Gasteiger partial charge >= 0.3 is 0 Å². The molecule has 2 rings (SSSR count). The van der Waals surface area contributed by atoms with E-state index in [1.807, 2.05) is 12.1 Å². The maximum absolute atomic E-state index is 10.9. The zero-order chi connectivity index (χ0) is 10.1. The standard InChI is InChI=1S/C10H8Cl2O2/c11-8-1-2-9-6(4-8)3-7(5-14-9)10(12)13/h1-2,4,7H,3,5H2. The van der Waals surface area contributed by atoms with Crippen LogP contribution in [0.3, 0.4) is 0 Å². The molecular weight excluding hydrogens is 223 g/mol. The first-order chi connectivity index (χ1) is 6.66. The summed E-state index contributed by atoms with van der Waals surface area (Å²) in [4.78, 5) is 10.9. The first-order valence-electron chi connectivity index (χ1n) is 4.27. The van der Waals surface area contributed by atoms with Gasteiger partial charge in [0.1, 0.15) is 5.75 Å². The molecular formula is C10H8Cl2O2. The number of carbonyl (C=O) groups excluding carboxylic acids is 1. The van der Waals surface area contributed by atoms with Crippen molar-refractivity contribution in [1.29, 1.82) is 0 Å². The Balaban J connectivity index is 2.29. The van der Waals surface area contributed by atoms with E-state index in [9.17, 15) is 4.79 Å². The summed E-state index contributed by atoms with van der Waals surface area (Å²) in [7, 11) is 0. The number of halogens is 2. The Labute approximate surface area is 91.8 Å². The van der Waals surface area contributed by atoms with Crippen molar-refractivity contribution in [3.8, 4) is 5.75 Å². The lowest BCUT2D eigenvalue weighted by Crippen LogP contribution is -2.25. The van der Waals surface area contributed by atoms with Crippen molar-refractivity contribution in [2.75, 3.05) is 6.61 Å². The molecule has 1 aromatic carbocycles. The maximum Gasteiger partial charge on any atom is 0.228 e. The molecule has 1 aliphatic rings. The van der Waals surface area contributed by atoms with Crippen molar-refractivity contribution in [2.45, 2.75) is 6.42 Å². The molecule has 74 valence electrons. The van der Waals surface area contributed by atoms with Crippen molar-refractivity contribution in [3.63, 3.8) is 0 Å². The SMILES string of the molecule is O=C(Cl)C1COc2ccc(Cl)cc2C1. The molecule has 1 aliphatic heterocycles. The van der Waals surface area contributed by atoms with Crippen molar-refractivity contribution >= 4 is 28.4 Å². The van der Waals surface area contributed by atoms with Gasteiger partial charge in [-0.15, -0.1) is 0 Å². The van der Waals surface area contributed by atoms with Gasteiger partial charge in [0.2, 0.25) is 5.24 Å². The van der Waals surface area contributed by atoms with E-state index in [0.29, 0.717) is 18.1 Å². The van der Waals surface area contributed by atoms with E-state index in [1.54, 1.807) is 6.07 Å². The second-order valence-corrected chi connectivity index (χ2v) is 4.08. The molecule has 1 atom stereocenters. The fourth-order valence-corrected chi connectivity index (χ4v) is 1.84. The molecule has 0 saturated heterocycles. The minimum Gasteiger partial charge on any atom is -0.492 e. The quantitative estimate of drug-likeness (QED) is 0.694. The van der Waals surface area contributed by atoms with Crippen LogP contribution in [0.15, 0.2) is 18.2 Å². The second kappa shape index (κ2) is 3.79. The molecule has 0 aromatic heterocycles. The first-order valence-corrected chi connectivity index (χ1v) is 5.03. The summed E-state index contributed by atoms with van der Waals surface area (Å²) in [5.74, 6) is 0.547. The van der Waals surface area contributed by atoms with Gasteiger partial charge in [-0.2, -0.15) is 0 Å². The summed E-state index contributed by atoms with van der Waals surface area (Å²) in [5, 5.41) is 0.297. The highest BCUT2D eigenvalue weighted by atomic mass is 35.5. The molecule has 0 N–H and O–H groups in total. The highest BCUT2D eigenvalue weighted by molar-refractivity contribution is 6.64.